The average molecular weight is 367 g/mol. The number of hydrogen-bond donors (Lipinski definition) is 1. The van der Waals surface area contributed by atoms with Crippen LogP contribution in [0, 0.1) is 5.82 Å². The minimum absolute atomic E-state index is 0.0768. The molecule has 0 unspecified atom stereocenters. The molecular weight excluding hydrogens is 345 g/mol. The van der Waals surface area contributed by atoms with Crippen molar-refractivity contribution < 1.29 is 22.3 Å². The molecule has 0 radical (unpaired) electrons. The van der Waals surface area contributed by atoms with E-state index in [-0.39, 0.29) is 23.7 Å². The van der Waals surface area contributed by atoms with Crippen LogP contribution in [0.1, 0.15) is 19.4 Å². The van der Waals surface area contributed by atoms with Crippen molar-refractivity contribution in [1.29, 1.82) is 0 Å². The first-order chi connectivity index (χ1) is 12.0. The van der Waals surface area contributed by atoms with Crippen molar-refractivity contribution in [3.63, 3.8) is 0 Å². The van der Waals surface area contributed by atoms with Crippen LogP contribution in [-0.2, 0) is 16.4 Å². The van der Waals surface area contributed by atoms with Crippen molar-refractivity contribution >= 4 is 10.0 Å². The highest BCUT2D eigenvalue weighted by atomic mass is 32.2. The van der Waals surface area contributed by atoms with Gasteiger partial charge in [-0.05, 0) is 44.0 Å². The van der Waals surface area contributed by atoms with Crippen molar-refractivity contribution in [1.82, 2.24) is 4.72 Å². The standard InChI is InChI=1S/C18H22FNO4S/c1-3-23-17-10-9-15(13-18(17)24-4-2)25(21,22)20-12-11-14-7-5-6-8-16(14)19/h5-10,13,20H,3-4,11-12H2,1-2H3. The van der Waals surface area contributed by atoms with Gasteiger partial charge in [0, 0.05) is 12.6 Å². The van der Waals surface area contributed by atoms with E-state index in [4.69, 9.17) is 9.47 Å². The molecule has 2 aromatic carbocycles. The number of sulfonamides is 1. The van der Waals surface area contributed by atoms with Crippen LogP contribution in [0.25, 0.3) is 0 Å². The van der Waals surface area contributed by atoms with Crippen molar-refractivity contribution in [3.8, 4) is 11.5 Å². The molecule has 0 amide bonds. The van der Waals surface area contributed by atoms with Gasteiger partial charge in [-0.25, -0.2) is 17.5 Å². The first kappa shape index (κ1) is 19.2. The number of benzene rings is 2. The maximum absolute atomic E-state index is 13.6. The second-order valence-corrected chi connectivity index (χ2v) is 6.98. The Labute approximate surface area is 147 Å². The Hall–Kier alpha value is -2.12. The number of nitrogens with one attached hydrogen (secondary N) is 1. The summed E-state index contributed by atoms with van der Waals surface area (Å²) in [7, 11) is -3.72. The molecule has 25 heavy (non-hydrogen) atoms. The third kappa shape index (κ3) is 5.17. The molecule has 2 rings (SSSR count). The van der Waals surface area contributed by atoms with Crippen LogP contribution in [0.4, 0.5) is 4.39 Å². The summed E-state index contributed by atoms with van der Waals surface area (Å²) in [6.07, 6.45) is 0.265. The van der Waals surface area contributed by atoms with Crippen molar-refractivity contribution in [2.24, 2.45) is 0 Å². The van der Waals surface area contributed by atoms with E-state index >= 15 is 0 Å². The van der Waals surface area contributed by atoms with Gasteiger partial charge in [-0.1, -0.05) is 18.2 Å². The van der Waals surface area contributed by atoms with E-state index < -0.39 is 10.0 Å². The minimum atomic E-state index is -3.72. The topological polar surface area (TPSA) is 64.6 Å². The summed E-state index contributed by atoms with van der Waals surface area (Å²) < 4.78 is 51.8. The van der Waals surface area contributed by atoms with Gasteiger partial charge in [-0.2, -0.15) is 0 Å². The van der Waals surface area contributed by atoms with Gasteiger partial charge in [0.15, 0.2) is 11.5 Å². The fourth-order valence-electron chi connectivity index (χ4n) is 2.30. The molecule has 0 aliphatic heterocycles. The quantitative estimate of drug-likeness (QED) is 0.739. The molecule has 0 heterocycles. The molecule has 0 fully saturated rings. The molecular formula is C18H22FNO4S. The highest BCUT2D eigenvalue weighted by Gasteiger charge is 2.17. The zero-order valence-electron chi connectivity index (χ0n) is 14.3. The number of halogens is 1. The molecule has 0 aliphatic carbocycles. The summed E-state index contributed by atoms with van der Waals surface area (Å²) in [6.45, 7) is 4.59. The maximum Gasteiger partial charge on any atom is 0.240 e. The van der Waals surface area contributed by atoms with Crippen molar-refractivity contribution in [3.05, 3.63) is 53.8 Å². The van der Waals surface area contributed by atoms with E-state index in [9.17, 15) is 12.8 Å². The molecule has 0 bridgehead atoms. The van der Waals surface area contributed by atoms with Gasteiger partial charge in [0.1, 0.15) is 5.82 Å². The summed E-state index contributed by atoms with van der Waals surface area (Å²) >= 11 is 0. The molecule has 7 heteroatoms. The van der Waals surface area contributed by atoms with Gasteiger partial charge in [-0.3, -0.25) is 0 Å². The number of rotatable bonds is 9. The Morgan fingerprint density at radius 2 is 1.68 bits per heavy atom. The molecule has 0 atom stereocenters. The number of ether oxygens (including phenoxy) is 2. The van der Waals surface area contributed by atoms with Crippen molar-refractivity contribution in [2.75, 3.05) is 19.8 Å². The Morgan fingerprint density at radius 1 is 1.00 bits per heavy atom. The summed E-state index contributed by atoms with van der Waals surface area (Å²) in [5.74, 6) is 0.525. The molecule has 5 nitrogen and oxygen atoms in total. The fourth-order valence-corrected chi connectivity index (χ4v) is 3.35. The third-order valence-electron chi connectivity index (χ3n) is 3.47. The second-order valence-electron chi connectivity index (χ2n) is 5.21. The molecule has 136 valence electrons. The Balaban J connectivity index is 2.10. The SMILES string of the molecule is CCOc1ccc(S(=O)(=O)NCCc2ccccc2F)cc1OCC. The van der Waals surface area contributed by atoms with Gasteiger partial charge >= 0.3 is 0 Å². The van der Waals surface area contributed by atoms with Crippen LogP contribution in [0.5, 0.6) is 11.5 Å². The Kier molecular flexibility index (Phi) is 6.78. The van der Waals surface area contributed by atoms with E-state index in [0.29, 0.717) is 30.3 Å². The lowest BCUT2D eigenvalue weighted by Gasteiger charge is -2.13. The minimum Gasteiger partial charge on any atom is -0.490 e. The predicted molar refractivity (Wildman–Crippen MR) is 94.1 cm³/mol. The van der Waals surface area contributed by atoms with Gasteiger partial charge in [-0.15, -0.1) is 0 Å². The smallest absolute Gasteiger partial charge is 0.240 e. The van der Waals surface area contributed by atoms with Crippen molar-refractivity contribution in [2.45, 2.75) is 25.2 Å². The predicted octanol–water partition coefficient (Wildman–Crippen LogP) is 3.14. The third-order valence-corrected chi connectivity index (χ3v) is 4.93. The Morgan fingerprint density at radius 3 is 2.36 bits per heavy atom. The lowest BCUT2D eigenvalue weighted by Crippen LogP contribution is -2.26. The molecule has 0 spiro atoms. The molecule has 0 aromatic heterocycles. The van der Waals surface area contributed by atoms with Gasteiger partial charge in [0.05, 0.1) is 18.1 Å². The summed E-state index contributed by atoms with van der Waals surface area (Å²) in [5, 5.41) is 0. The van der Waals surface area contributed by atoms with Gasteiger partial charge in [0.25, 0.3) is 0 Å². The van der Waals surface area contributed by atoms with Crippen LogP contribution in [-0.4, -0.2) is 28.2 Å². The first-order valence-electron chi connectivity index (χ1n) is 8.10. The summed E-state index contributed by atoms with van der Waals surface area (Å²) in [4.78, 5) is 0.0768. The fraction of sp³-hybridized carbons (Fsp3) is 0.333. The van der Waals surface area contributed by atoms with Gasteiger partial charge in [0.2, 0.25) is 10.0 Å². The van der Waals surface area contributed by atoms with Crippen LogP contribution in [0.2, 0.25) is 0 Å². The zero-order chi connectivity index (χ0) is 18.3. The van der Waals surface area contributed by atoms with Gasteiger partial charge < -0.3 is 9.47 Å². The largest absolute Gasteiger partial charge is 0.490 e. The molecule has 0 aliphatic rings. The van der Waals surface area contributed by atoms with Crippen LogP contribution in [0.3, 0.4) is 0 Å². The highest BCUT2D eigenvalue weighted by molar-refractivity contribution is 7.89. The second kappa shape index (κ2) is 8.82. The lowest BCUT2D eigenvalue weighted by atomic mass is 10.1. The van der Waals surface area contributed by atoms with E-state index in [2.05, 4.69) is 4.72 Å². The van der Waals surface area contributed by atoms with Crippen LogP contribution < -0.4 is 14.2 Å². The maximum atomic E-state index is 13.6. The highest BCUT2D eigenvalue weighted by Crippen LogP contribution is 2.30. The molecule has 2 aromatic rings. The zero-order valence-corrected chi connectivity index (χ0v) is 15.1. The summed E-state index contributed by atoms with van der Waals surface area (Å²) in [6, 6.07) is 10.8. The van der Waals surface area contributed by atoms with Crippen LogP contribution >= 0.6 is 0 Å². The average Bonchev–Trinajstić information content (AvgIpc) is 2.58. The van der Waals surface area contributed by atoms with E-state index in [1.54, 1.807) is 24.3 Å². The lowest BCUT2D eigenvalue weighted by molar-refractivity contribution is 0.287. The normalized spacial score (nSPS) is 11.3. The summed E-state index contributed by atoms with van der Waals surface area (Å²) in [5.41, 5.74) is 0.465. The first-order valence-corrected chi connectivity index (χ1v) is 9.59. The van der Waals surface area contributed by atoms with Crippen LogP contribution in [0.15, 0.2) is 47.4 Å². The monoisotopic (exact) mass is 367 g/mol. The Bertz CT molecular complexity index is 808. The molecule has 0 saturated heterocycles. The van der Waals surface area contributed by atoms with E-state index in [1.165, 1.54) is 18.2 Å². The van der Waals surface area contributed by atoms with E-state index in [1.807, 2.05) is 13.8 Å². The molecule has 1 N–H and O–H groups in total. The molecule has 0 saturated carbocycles. The van der Waals surface area contributed by atoms with E-state index in [0.717, 1.165) is 0 Å². The number of hydrogen-bond acceptors (Lipinski definition) is 4.